The second kappa shape index (κ2) is 6.28. The van der Waals surface area contributed by atoms with Crippen molar-refractivity contribution in [3.05, 3.63) is 64.1 Å². The van der Waals surface area contributed by atoms with Crippen LogP contribution in [-0.4, -0.2) is 11.8 Å². The predicted octanol–water partition coefficient (Wildman–Crippen LogP) is 4.44. The van der Waals surface area contributed by atoms with Crippen LogP contribution in [0.1, 0.15) is 30.4 Å². The molecule has 4 heteroatoms. The van der Waals surface area contributed by atoms with E-state index >= 15 is 0 Å². The second-order valence-corrected chi connectivity index (χ2v) is 6.89. The molecule has 0 spiro atoms. The quantitative estimate of drug-likeness (QED) is 0.747. The molecule has 1 saturated heterocycles. The Balaban J connectivity index is 1.91. The van der Waals surface area contributed by atoms with Gasteiger partial charge in [-0.25, -0.2) is 4.90 Å². The topological polar surface area (TPSA) is 37.4 Å². The second-order valence-electron chi connectivity index (χ2n) is 6.03. The average Bonchev–Trinajstić information content (AvgIpc) is 2.83. The Kier molecular flexibility index (Phi) is 4.35. The number of amides is 2. The highest BCUT2D eigenvalue weighted by Crippen LogP contribution is 2.38. The molecule has 23 heavy (non-hydrogen) atoms. The molecule has 1 fully saturated rings. The van der Waals surface area contributed by atoms with Crippen LogP contribution in [0.5, 0.6) is 0 Å². The van der Waals surface area contributed by atoms with Crippen LogP contribution in [0.4, 0.5) is 5.69 Å². The molecule has 2 aromatic rings. The Morgan fingerprint density at radius 1 is 1.13 bits per heavy atom. The highest BCUT2D eigenvalue weighted by molar-refractivity contribution is 9.10. The van der Waals surface area contributed by atoms with Crippen LogP contribution < -0.4 is 4.90 Å². The molecule has 2 atom stereocenters. The summed E-state index contributed by atoms with van der Waals surface area (Å²) >= 11 is 3.47. The van der Waals surface area contributed by atoms with E-state index in [0.717, 1.165) is 15.6 Å². The normalized spacial score (nSPS) is 19.3. The molecular formula is C19H18BrNO2. The number of carbonyl (C=O) groups is 2. The minimum atomic E-state index is -0.307. The standard InChI is InChI=1S/C19H18BrNO2/c1-12-8-9-17(16(20)10-12)21-18(22)11-15(19(21)23)13(2)14-6-4-3-5-7-14/h3-10,13,15H,11H2,1-2H3. The first-order chi connectivity index (χ1) is 11.0. The van der Waals surface area contributed by atoms with Gasteiger partial charge in [-0.1, -0.05) is 43.3 Å². The Labute approximate surface area is 144 Å². The average molecular weight is 372 g/mol. The minimum absolute atomic E-state index is 0.0156. The van der Waals surface area contributed by atoms with Gasteiger partial charge in [0.1, 0.15) is 0 Å². The van der Waals surface area contributed by atoms with E-state index in [2.05, 4.69) is 15.9 Å². The number of hydrogen-bond acceptors (Lipinski definition) is 2. The van der Waals surface area contributed by atoms with Crippen molar-refractivity contribution in [1.82, 2.24) is 0 Å². The summed E-state index contributed by atoms with van der Waals surface area (Å²) in [6, 6.07) is 15.5. The summed E-state index contributed by atoms with van der Waals surface area (Å²) in [5.74, 6) is -0.539. The lowest BCUT2D eigenvalue weighted by Crippen LogP contribution is -2.31. The third kappa shape index (κ3) is 2.95. The van der Waals surface area contributed by atoms with E-state index in [1.165, 1.54) is 4.90 Å². The molecule has 0 N–H and O–H groups in total. The van der Waals surface area contributed by atoms with Gasteiger partial charge in [0.2, 0.25) is 11.8 Å². The summed E-state index contributed by atoms with van der Waals surface area (Å²) in [5.41, 5.74) is 2.80. The molecule has 1 heterocycles. The maximum Gasteiger partial charge on any atom is 0.238 e. The summed E-state index contributed by atoms with van der Waals surface area (Å²) in [6.45, 7) is 3.99. The fourth-order valence-electron chi connectivity index (χ4n) is 3.08. The SMILES string of the molecule is Cc1ccc(N2C(=O)CC(C(C)c3ccccc3)C2=O)c(Br)c1. The third-order valence-electron chi connectivity index (χ3n) is 4.45. The Hall–Kier alpha value is -1.94. The molecule has 2 aromatic carbocycles. The first kappa shape index (κ1) is 15.9. The van der Waals surface area contributed by atoms with E-state index in [4.69, 9.17) is 0 Å². The molecule has 2 amide bonds. The Bertz CT molecular complexity index is 757. The fraction of sp³-hybridized carbons (Fsp3) is 0.263. The van der Waals surface area contributed by atoms with Crippen molar-refractivity contribution in [2.24, 2.45) is 5.92 Å². The van der Waals surface area contributed by atoms with E-state index in [1.807, 2.05) is 62.4 Å². The van der Waals surface area contributed by atoms with Crippen LogP contribution in [-0.2, 0) is 9.59 Å². The van der Waals surface area contributed by atoms with E-state index in [9.17, 15) is 9.59 Å². The van der Waals surface area contributed by atoms with Gasteiger partial charge in [0.25, 0.3) is 0 Å². The first-order valence-corrected chi connectivity index (χ1v) is 8.46. The molecule has 0 radical (unpaired) electrons. The first-order valence-electron chi connectivity index (χ1n) is 7.67. The van der Waals surface area contributed by atoms with Crippen molar-refractivity contribution in [1.29, 1.82) is 0 Å². The molecule has 0 bridgehead atoms. The predicted molar refractivity (Wildman–Crippen MR) is 94.3 cm³/mol. The zero-order valence-corrected chi connectivity index (χ0v) is 14.7. The van der Waals surface area contributed by atoms with Crippen LogP contribution in [0.2, 0.25) is 0 Å². The summed E-state index contributed by atoms with van der Waals surface area (Å²) in [6.07, 6.45) is 0.259. The van der Waals surface area contributed by atoms with Crippen molar-refractivity contribution >= 4 is 33.4 Å². The smallest absolute Gasteiger partial charge is 0.238 e. The number of carbonyl (C=O) groups excluding carboxylic acids is 2. The molecule has 1 aliphatic rings. The van der Waals surface area contributed by atoms with Gasteiger partial charge in [0, 0.05) is 10.9 Å². The monoisotopic (exact) mass is 371 g/mol. The minimum Gasteiger partial charge on any atom is -0.274 e. The van der Waals surface area contributed by atoms with Gasteiger partial charge in [-0.3, -0.25) is 9.59 Å². The van der Waals surface area contributed by atoms with Crippen molar-refractivity contribution in [2.75, 3.05) is 4.90 Å². The van der Waals surface area contributed by atoms with Crippen LogP contribution in [0.25, 0.3) is 0 Å². The number of hydrogen-bond donors (Lipinski definition) is 0. The largest absolute Gasteiger partial charge is 0.274 e. The van der Waals surface area contributed by atoms with Gasteiger partial charge in [0.15, 0.2) is 0 Å². The third-order valence-corrected chi connectivity index (χ3v) is 5.09. The molecule has 0 aromatic heterocycles. The van der Waals surface area contributed by atoms with Crippen LogP contribution in [0.15, 0.2) is 53.0 Å². The van der Waals surface area contributed by atoms with Gasteiger partial charge in [-0.05, 0) is 52.0 Å². The lowest BCUT2D eigenvalue weighted by atomic mass is 9.86. The van der Waals surface area contributed by atoms with Crippen LogP contribution >= 0.6 is 15.9 Å². The molecule has 1 aliphatic heterocycles. The Morgan fingerprint density at radius 2 is 1.83 bits per heavy atom. The molecule has 0 saturated carbocycles. The molecular weight excluding hydrogens is 354 g/mol. The van der Waals surface area contributed by atoms with E-state index in [0.29, 0.717) is 5.69 Å². The fourth-order valence-corrected chi connectivity index (χ4v) is 3.75. The lowest BCUT2D eigenvalue weighted by Gasteiger charge is -2.20. The number of benzene rings is 2. The van der Waals surface area contributed by atoms with Gasteiger partial charge >= 0.3 is 0 Å². The summed E-state index contributed by atoms with van der Waals surface area (Å²) in [7, 11) is 0. The van der Waals surface area contributed by atoms with Gasteiger partial charge < -0.3 is 0 Å². The van der Waals surface area contributed by atoms with Crippen LogP contribution in [0, 0.1) is 12.8 Å². The number of imide groups is 1. The van der Waals surface area contributed by atoms with E-state index in [1.54, 1.807) is 0 Å². The molecule has 118 valence electrons. The number of anilines is 1. The van der Waals surface area contributed by atoms with Crippen molar-refractivity contribution in [3.8, 4) is 0 Å². The molecule has 0 aliphatic carbocycles. The lowest BCUT2D eigenvalue weighted by molar-refractivity contribution is -0.122. The molecule has 3 nitrogen and oxygen atoms in total. The number of rotatable bonds is 3. The number of aryl methyl sites for hydroxylation is 1. The summed E-state index contributed by atoms with van der Waals surface area (Å²) in [4.78, 5) is 26.6. The van der Waals surface area contributed by atoms with E-state index in [-0.39, 0.29) is 30.1 Å². The zero-order chi connectivity index (χ0) is 16.6. The van der Waals surface area contributed by atoms with Crippen molar-refractivity contribution in [2.45, 2.75) is 26.2 Å². The van der Waals surface area contributed by atoms with Crippen molar-refractivity contribution < 1.29 is 9.59 Å². The van der Waals surface area contributed by atoms with Gasteiger partial charge in [0.05, 0.1) is 11.6 Å². The van der Waals surface area contributed by atoms with Gasteiger partial charge in [-0.15, -0.1) is 0 Å². The Morgan fingerprint density at radius 3 is 2.48 bits per heavy atom. The van der Waals surface area contributed by atoms with Gasteiger partial charge in [-0.2, -0.15) is 0 Å². The maximum atomic E-state index is 12.9. The highest BCUT2D eigenvalue weighted by Gasteiger charge is 2.43. The number of halogens is 1. The van der Waals surface area contributed by atoms with Crippen LogP contribution in [0.3, 0.4) is 0 Å². The zero-order valence-electron chi connectivity index (χ0n) is 13.1. The highest BCUT2D eigenvalue weighted by atomic mass is 79.9. The van der Waals surface area contributed by atoms with Crippen molar-refractivity contribution in [3.63, 3.8) is 0 Å². The summed E-state index contributed by atoms with van der Waals surface area (Å²) < 4.78 is 0.771. The molecule has 2 unspecified atom stereocenters. The molecule has 3 rings (SSSR count). The summed E-state index contributed by atoms with van der Waals surface area (Å²) in [5, 5.41) is 0. The van der Waals surface area contributed by atoms with E-state index < -0.39 is 0 Å². The maximum absolute atomic E-state index is 12.9. The number of nitrogens with zero attached hydrogens (tertiary/aromatic N) is 1.